The molecule has 0 aromatic heterocycles. The van der Waals surface area contributed by atoms with Crippen LogP contribution in [0, 0.1) is 5.41 Å². The maximum Gasteiger partial charge on any atom is 0.123 e. The number of unbranched alkanes of at least 4 members (excludes halogenated alkanes) is 1. The van der Waals surface area contributed by atoms with Crippen LogP contribution in [-0.2, 0) is 0 Å². The highest BCUT2D eigenvalue weighted by Gasteiger charge is 2.06. The number of hydrogen-bond acceptors (Lipinski definition) is 2. The summed E-state index contributed by atoms with van der Waals surface area (Å²) in [6, 6.07) is 5.51. The van der Waals surface area contributed by atoms with Crippen LogP contribution in [0.3, 0.4) is 0 Å². The van der Waals surface area contributed by atoms with Gasteiger partial charge >= 0.3 is 0 Å². The second-order valence-corrected chi connectivity index (χ2v) is 4.83. The molecule has 0 radical (unpaired) electrons. The fraction of sp³-hybridized carbons (Fsp3) is 0.364. The van der Waals surface area contributed by atoms with Gasteiger partial charge in [-0.1, -0.05) is 24.9 Å². The van der Waals surface area contributed by atoms with Crippen LogP contribution < -0.4 is 5.73 Å². The number of amidine groups is 1. The lowest BCUT2D eigenvalue weighted by atomic mass is 10.2. The summed E-state index contributed by atoms with van der Waals surface area (Å²) in [6.07, 6.45) is 2.35. The molecule has 2 nitrogen and oxygen atoms in total. The third-order valence-electron chi connectivity index (χ3n) is 1.99. The Morgan fingerprint density at radius 3 is 2.87 bits per heavy atom. The quantitative estimate of drug-likeness (QED) is 0.359. The molecule has 0 spiro atoms. The topological polar surface area (TPSA) is 49.9 Å². The largest absolute Gasteiger partial charge is 0.384 e. The molecule has 1 aromatic carbocycles. The van der Waals surface area contributed by atoms with E-state index in [-0.39, 0.29) is 5.84 Å². The van der Waals surface area contributed by atoms with Crippen LogP contribution in [0.4, 0.5) is 0 Å². The molecule has 0 unspecified atom stereocenters. The highest BCUT2D eigenvalue weighted by atomic mass is 35.5. The van der Waals surface area contributed by atoms with Crippen LogP contribution in [0.25, 0.3) is 0 Å². The number of nitrogen functional groups attached to an aromatic ring is 1. The maximum absolute atomic E-state index is 7.46. The second kappa shape index (κ2) is 6.03. The van der Waals surface area contributed by atoms with Crippen LogP contribution in [0.15, 0.2) is 23.1 Å². The van der Waals surface area contributed by atoms with E-state index < -0.39 is 0 Å². The van der Waals surface area contributed by atoms with Crippen molar-refractivity contribution in [2.45, 2.75) is 24.7 Å². The number of halogens is 1. The number of benzene rings is 1. The van der Waals surface area contributed by atoms with Gasteiger partial charge in [0, 0.05) is 15.5 Å². The van der Waals surface area contributed by atoms with Crippen molar-refractivity contribution in [2.24, 2.45) is 5.73 Å². The summed E-state index contributed by atoms with van der Waals surface area (Å²) in [4.78, 5) is 1.04. The van der Waals surface area contributed by atoms with Crippen LogP contribution in [0.1, 0.15) is 25.3 Å². The molecule has 0 aliphatic carbocycles. The standard InChI is InChI=1S/C11H15ClN2S/c1-2-3-6-15-10-5-4-8(12)7-9(10)11(13)14/h4-5,7H,2-3,6H2,1H3,(H3,13,14). The van der Waals surface area contributed by atoms with E-state index in [9.17, 15) is 0 Å². The van der Waals surface area contributed by atoms with E-state index in [1.165, 1.54) is 12.8 Å². The highest BCUT2D eigenvalue weighted by molar-refractivity contribution is 7.99. The van der Waals surface area contributed by atoms with Crippen molar-refractivity contribution in [3.8, 4) is 0 Å². The van der Waals surface area contributed by atoms with E-state index in [1.807, 2.05) is 12.1 Å². The fourth-order valence-corrected chi connectivity index (χ4v) is 2.48. The second-order valence-electron chi connectivity index (χ2n) is 3.26. The molecule has 1 aromatic rings. The van der Waals surface area contributed by atoms with E-state index in [4.69, 9.17) is 22.7 Å². The van der Waals surface area contributed by atoms with Gasteiger partial charge in [0.05, 0.1) is 0 Å². The minimum absolute atomic E-state index is 0.0801. The molecule has 0 atom stereocenters. The molecule has 0 saturated heterocycles. The molecular formula is C11H15ClN2S. The summed E-state index contributed by atoms with van der Waals surface area (Å²) in [5.74, 6) is 1.13. The van der Waals surface area contributed by atoms with Gasteiger partial charge < -0.3 is 5.73 Å². The molecule has 0 bridgehead atoms. The van der Waals surface area contributed by atoms with Crippen LogP contribution >= 0.6 is 23.4 Å². The summed E-state index contributed by atoms with van der Waals surface area (Å²) in [5.41, 5.74) is 6.24. The predicted molar refractivity (Wildman–Crippen MR) is 68.1 cm³/mol. The van der Waals surface area contributed by atoms with Crippen LogP contribution in [-0.4, -0.2) is 11.6 Å². The number of hydrogen-bond donors (Lipinski definition) is 2. The Labute approximate surface area is 99.7 Å². The Morgan fingerprint density at radius 2 is 2.27 bits per heavy atom. The molecule has 4 heteroatoms. The maximum atomic E-state index is 7.46. The molecule has 0 fully saturated rings. The van der Waals surface area contributed by atoms with E-state index in [1.54, 1.807) is 17.8 Å². The Bertz CT molecular complexity index is 352. The highest BCUT2D eigenvalue weighted by Crippen LogP contribution is 2.26. The number of nitrogens with one attached hydrogen (secondary N) is 1. The first-order chi connectivity index (χ1) is 7.15. The average Bonchev–Trinajstić information content (AvgIpc) is 2.20. The van der Waals surface area contributed by atoms with Gasteiger partial charge in [-0.05, 0) is 30.4 Å². The summed E-state index contributed by atoms with van der Waals surface area (Å²) >= 11 is 7.59. The first-order valence-electron chi connectivity index (χ1n) is 4.92. The minimum atomic E-state index is 0.0801. The molecule has 1 rings (SSSR count). The van der Waals surface area contributed by atoms with E-state index in [2.05, 4.69) is 6.92 Å². The third kappa shape index (κ3) is 3.76. The minimum Gasteiger partial charge on any atom is -0.384 e. The number of nitrogens with two attached hydrogens (primary N) is 1. The summed E-state index contributed by atoms with van der Waals surface area (Å²) in [5, 5.41) is 8.08. The van der Waals surface area contributed by atoms with E-state index in [0.29, 0.717) is 5.02 Å². The van der Waals surface area contributed by atoms with Crippen molar-refractivity contribution in [1.82, 2.24) is 0 Å². The molecule has 0 heterocycles. The SMILES string of the molecule is CCCCSc1ccc(Cl)cc1C(=N)N. The summed E-state index contributed by atoms with van der Waals surface area (Å²) in [6.45, 7) is 2.16. The third-order valence-corrected chi connectivity index (χ3v) is 3.38. The van der Waals surface area contributed by atoms with Gasteiger partial charge in [-0.3, -0.25) is 5.41 Å². The Balaban J connectivity index is 2.81. The van der Waals surface area contributed by atoms with Crippen molar-refractivity contribution in [2.75, 3.05) is 5.75 Å². The van der Waals surface area contributed by atoms with Crippen molar-refractivity contribution in [3.63, 3.8) is 0 Å². The molecule has 0 saturated carbocycles. The zero-order chi connectivity index (χ0) is 11.3. The van der Waals surface area contributed by atoms with Crippen molar-refractivity contribution in [1.29, 1.82) is 5.41 Å². The first kappa shape index (κ1) is 12.4. The first-order valence-corrected chi connectivity index (χ1v) is 6.28. The number of rotatable bonds is 5. The number of thioether (sulfide) groups is 1. The summed E-state index contributed by atoms with van der Waals surface area (Å²) < 4.78 is 0. The molecule has 15 heavy (non-hydrogen) atoms. The normalized spacial score (nSPS) is 10.3. The predicted octanol–water partition coefficient (Wildman–Crippen LogP) is 3.52. The summed E-state index contributed by atoms with van der Waals surface area (Å²) in [7, 11) is 0. The lowest BCUT2D eigenvalue weighted by molar-refractivity contribution is 0.896. The molecule has 0 amide bonds. The molecular weight excluding hydrogens is 228 g/mol. The van der Waals surface area contributed by atoms with Crippen molar-refractivity contribution >= 4 is 29.2 Å². The Morgan fingerprint density at radius 1 is 1.53 bits per heavy atom. The van der Waals surface area contributed by atoms with E-state index in [0.717, 1.165) is 16.2 Å². The van der Waals surface area contributed by atoms with Crippen LogP contribution in [0.5, 0.6) is 0 Å². The lowest BCUT2D eigenvalue weighted by Gasteiger charge is -2.07. The molecule has 82 valence electrons. The monoisotopic (exact) mass is 242 g/mol. The Hall–Kier alpha value is -0.670. The van der Waals surface area contributed by atoms with Gasteiger partial charge in [-0.25, -0.2) is 0 Å². The van der Waals surface area contributed by atoms with Gasteiger partial charge in [0.25, 0.3) is 0 Å². The van der Waals surface area contributed by atoms with Gasteiger partial charge in [-0.15, -0.1) is 11.8 Å². The van der Waals surface area contributed by atoms with Gasteiger partial charge in [-0.2, -0.15) is 0 Å². The zero-order valence-electron chi connectivity index (χ0n) is 8.72. The molecule has 3 N–H and O–H groups in total. The van der Waals surface area contributed by atoms with Crippen LogP contribution in [0.2, 0.25) is 5.02 Å². The Kier molecular flexibility index (Phi) is 4.99. The van der Waals surface area contributed by atoms with Crippen molar-refractivity contribution in [3.05, 3.63) is 28.8 Å². The van der Waals surface area contributed by atoms with Gasteiger partial charge in [0.1, 0.15) is 5.84 Å². The van der Waals surface area contributed by atoms with Crippen molar-refractivity contribution < 1.29 is 0 Å². The molecule has 0 aliphatic rings. The van der Waals surface area contributed by atoms with Gasteiger partial charge in [0.15, 0.2) is 0 Å². The molecule has 0 aliphatic heterocycles. The van der Waals surface area contributed by atoms with E-state index >= 15 is 0 Å². The lowest BCUT2D eigenvalue weighted by Crippen LogP contribution is -2.12. The fourth-order valence-electron chi connectivity index (χ4n) is 1.17. The van der Waals surface area contributed by atoms with Gasteiger partial charge in [0.2, 0.25) is 0 Å². The average molecular weight is 243 g/mol. The smallest absolute Gasteiger partial charge is 0.123 e. The zero-order valence-corrected chi connectivity index (χ0v) is 10.3.